The number of ether oxygens (including phenoxy) is 2. The van der Waals surface area contributed by atoms with Crippen LogP contribution in [0.3, 0.4) is 0 Å². The van der Waals surface area contributed by atoms with Gasteiger partial charge in [0, 0.05) is 12.7 Å². The van der Waals surface area contributed by atoms with E-state index in [9.17, 15) is 4.79 Å². The molecule has 0 saturated carbocycles. The number of hydrogen-bond acceptors (Lipinski definition) is 5. The molecule has 3 aromatic rings. The summed E-state index contributed by atoms with van der Waals surface area (Å²) in [4.78, 5) is 15.9. The largest absolute Gasteiger partial charge is 0.497 e. The van der Waals surface area contributed by atoms with Gasteiger partial charge in [-0.25, -0.2) is 9.78 Å². The predicted octanol–water partition coefficient (Wildman–Crippen LogP) is 4.03. The van der Waals surface area contributed by atoms with Gasteiger partial charge in [0.05, 0.1) is 19.3 Å². The fourth-order valence-corrected chi connectivity index (χ4v) is 2.54. The number of rotatable bonds is 6. The average molecular weight is 336 g/mol. The zero-order valence-electron chi connectivity index (χ0n) is 14.3. The minimum Gasteiger partial charge on any atom is -0.497 e. The fraction of sp³-hybridized carbons (Fsp3) is 0.200. The maximum atomic E-state index is 11.6. The van der Waals surface area contributed by atoms with Crippen LogP contribution in [0.4, 0.5) is 5.82 Å². The van der Waals surface area contributed by atoms with E-state index < -0.39 is 0 Å². The summed E-state index contributed by atoms with van der Waals surface area (Å²) >= 11 is 0. The Balaban J connectivity index is 1.66. The molecule has 0 amide bonds. The molecule has 25 heavy (non-hydrogen) atoms. The Morgan fingerprint density at radius 3 is 2.60 bits per heavy atom. The van der Waals surface area contributed by atoms with Crippen LogP contribution < -0.4 is 10.1 Å². The van der Waals surface area contributed by atoms with E-state index in [-0.39, 0.29) is 5.97 Å². The topological polar surface area (TPSA) is 60.5 Å². The monoisotopic (exact) mass is 336 g/mol. The number of methoxy groups -OCH3 is 1. The summed E-state index contributed by atoms with van der Waals surface area (Å²) in [6, 6.07) is 15.8. The summed E-state index contributed by atoms with van der Waals surface area (Å²) in [6.07, 6.45) is 1.52. The second kappa shape index (κ2) is 7.66. The third kappa shape index (κ3) is 4.07. The van der Waals surface area contributed by atoms with Gasteiger partial charge in [-0.15, -0.1) is 0 Å². The Hall–Kier alpha value is -3.08. The second-order valence-electron chi connectivity index (χ2n) is 5.55. The first-order valence-corrected chi connectivity index (χ1v) is 8.13. The highest BCUT2D eigenvalue weighted by atomic mass is 16.5. The lowest BCUT2D eigenvalue weighted by Crippen LogP contribution is -2.06. The Morgan fingerprint density at radius 2 is 1.88 bits per heavy atom. The number of pyridine rings is 1. The standard InChI is InChI=1S/C20H20N2O3/c1-3-25-20(23)17-7-9-19(22-13-17)21-12-14-4-5-16-11-18(24-2)8-6-15(16)10-14/h4-11,13H,3,12H2,1-2H3,(H,21,22). The molecule has 1 N–H and O–H groups in total. The minimum atomic E-state index is -0.355. The number of carbonyl (C=O) groups is 1. The molecule has 0 unspecified atom stereocenters. The Bertz CT molecular complexity index is 876. The van der Waals surface area contributed by atoms with Crippen LogP contribution in [0.5, 0.6) is 5.75 Å². The number of anilines is 1. The van der Waals surface area contributed by atoms with Gasteiger partial charge in [0.2, 0.25) is 0 Å². The van der Waals surface area contributed by atoms with E-state index in [0.717, 1.165) is 22.1 Å². The highest BCUT2D eigenvalue weighted by Gasteiger charge is 2.06. The van der Waals surface area contributed by atoms with E-state index in [1.165, 1.54) is 6.20 Å². The van der Waals surface area contributed by atoms with E-state index in [1.807, 2.05) is 18.2 Å². The van der Waals surface area contributed by atoms with Crippen molar-refractivity contribution >= 4 is 22.6 Å². The Morgan fingerprint density at radius 1 is 1.08 bits per heavy atom. The summed E-state index contributed by atoms with van der Waals surface area (Å²) in [5.41, 5.74) is 1.60. The first-order valence-electron chi connectivity index (χ1n) is 8.13. The third-order valence-corrected chi connectivity index (χ3v) is 3.86. The quantitative estimate of drug-likeness (QED) is 0.689. The van der Waals surface area contributed by atoms with Gasteiger partial charge >= 0.3 is 5.97 Å². The molecule has 0 aliphatic rings. The zero-order chi connectivity index (χ0) is 17.6. The SMILES string of the molecule is CCOC(=O)c1ccc(NCc2ccc3cc(OC)ccc3c2)nc1. The Kier molecular flexibility index (Phi) is 5.14. The smallest absolute Gasteiger partial charge is 0.339 e. The third-order valence-electron chi connectivity index (χ3n) is 3.86. The fourth-order valence-electron chi connectivity index (χ4n) is 2.54. The van der Waals surface area contributed by atoms with Crippen LogP contribution in [0.2, 0.25) is 0 Å². The predicted molar refractivity (Wildman–Crippen MR) is 98.0 cm³/mol. The molecular formula is C20H20N2O3. The molecule has 0 atom stereocenters. The van der Waals surface area contributed by atoms with Crippen molar-refractivity contribution < 1.29 is 14.3 Å². The molecular weight excluding hydrogens is 316 g/mol. The molecule has 0 fully saturated rings. The van der Waals surface area contributed by atoms with Gasteiger partial charge < -0.3 is 14.8 Å². The van der Waals surface area contributed by atoms with Gasteiger partial charge in [-0.05, 0) is 53.6 Å². The van der Waals surface area contributed by atoms with Gasteiger partial charge in [0.25, 0.3) is 0 Å². The number of nitrogens with one attached hydrogen (secondary N) is 1. The molecule has 2 aromatic carbocycles. The van der Waals surface area contributed by atoms with Crippen molar-refractivity contribution in [3.63, 3.8) is 0 Å². The summed E-state index contributed by atoms with van der Waals surface area (Å²) < 4.78 is 10.2. The average Bonchev–Trinajstić information content (AvgIpc) is 2.66. The molecule has 0 saturated heterocycles. The molecule has 1 aromatic heterocycles. The Labute approximate surface area is 146 Å². The van der Waals surface area contributed by atoms with Crippen molar-refractivity contribution in [3.8, 4) is 5.75 Å². The van der Waals surface area contributed by atoms with Crippen LogP contribution in [0, 0.1) is 0 Å². The number of esters is 1. The molecule has 0 spiro atoms. The molecule has 1 heterocycles. The summed E-state index contributed by atoms with van der Waals surface area (Å²) in [6.45, 7) is 2.78. The highest BCUT2D eigenvalue weighted by Crippen LogP contribution is 2.22. The number of carbonyl (C=O) groups excluding carboxylic acids is 1. The van der Waals surface area contributed by atoms with Crippen LogP contribution in [0.15, 0.2) is 54.7 Å². The van der Waals surface area contributed by atoms with Crippen molar-refractivity contribution in [1.82, 2.24) is 4.98 Å². The van der Waals surface area contributed by atoms with Crippen molar-refractivity contribution in [2.45, 2.75) is 13.5 Å². The minimum absolute atomic E-state index is 0.354. The van der Waals surface area contributed by atoms with Crippen LogP contribution in [-0.2, 0) is 11.3 Å². The number of hydrogen-bond donors (Lipinski definition) is 1. The van der Waals surface area contributed by atoms with Crippen molar-refractivity contribution in [1.29, 1.82) is 0 Å². The van der Waals surface area contributed by atoms with Crippen LogP contribution in [-0.4, -0.2) is 24.7 Å². The molecule has 128 valence electrons. The first-order chi connectivity index (χ1) is 12.2. The van der Waals surface area contributed by atoms with Crippen LogP contribution in [0.25, 0.3) is 10.8 Å². The molecule has 5 heteroatoms. The van der Waals surface area contributed by atoms with E-state index in [1.54, 1.807) is 26.2 Å². The van der Waals surface area contributed by atoms with Crippen LogP contribution in [0.1, 0.15) is 22.8 Å². The van der Waals surface area contributed by atoms with Crippen molar-refractivity contribution in [2.75, 3.05) is 19.0 Å². The van der Waals surface area contributed by atoms with Gasteiger partial charge in [0.15, 0.2) is 0 Å². The summed E-state index contributed by atoms with van der Waals surface area (Å²) in [7, 11) is 1.67. The van der Waals surface area contributed by atoms with E-state index >= 15 is 0 Å². The van der Waals surface area contributed by atoms with Crippen molar-refractivity contribution in [2.24, 2.45) is 0 Å². The molecule has 0 aliphatic carbocycles. The molecule has 3 rings (SSSR count). The molecule has 0 bridgehead atoms. The molecule has 0 aliphatic heterocycles. The van der Waals surface area contributed by atoms with E-state index in [4.69, 9.17) is 9.47 Å². The second-order valence-corrected chi connectivity index (χ2v) is 5.55. The maximum absolute atomic E-state index is 11.6. The lowest BCUT2D eigenvalue weighted by atomic mass is 10.1. The van der Waals surface area contributed by atoms with Gasteiger partial charge in [-0.2, -0.15) is 0 Å². The van der Waals surface area contributed by atoms with Gasteiger partial charge in [0.1, 0.15) is 11.6 Å². The number of aromatic nitrogens is 1. The van der Waals surface area contributed by atoms with E-state index in [0.29, 0.717) is 24.5 Å². The number of nitrogens with zero attached hydrogens (tertiary/aromatic N) is 1. The number of benzene rings is 2. The lowest BCUT2D eigenvalue weighted by molar-refractivity contribution is 0.0526. The lowest BCUT2D eigenvalue weighted by Gasteiger charge is -2.08. The zero-order valence-corrected chi connectivity index (χ0v) is 14.3. The maximum Gasteiger partial charge on any atom is 0.339 e. The van der Waals surface area contributed by atoms with E-state index in [2.05, 4.69) is 28.5 Å². The number of fused-ring (bicyclic) bond motifs is 1. The summed E-state index contributed by atoms with van der Waals surface area (Å²) in [5.74, 6) is 1.21. The first kappa shape index (κ1) is 16.8. The molecule has 0 radical (unpaired) electrons. The van der Waals surface area contributed by atoms with Crippen LogP contribution >= 0.6 is 0 Å². The van der Waals surface area contributed by atoms with Gasteiger partial charge in [-0.3, -0.25) is 0 Å². The summed E-state index contributed by atoms with van der Waals surface area (Å²) in [5, 5.41) is 5.56. The molecule has 5 nitrogen and oxygen atoms in total. The van der Waals surface area contributed by atoms with Gasteiger partial charge in [-0.1, -0.05) is 18.2 Å². The highest BCUT2D eigenvalue weighted by molar-refractivity contribution is 5.89. The van der Waals surface area contributed by atoms with Crippen molar-refractivity contribution in [3.05, 3.63) is 65.9 Å². The normalized spacial score (nSPS) is 10.5.